The van der Waals surface area contributed by atoms with E-state index in [1.54, 1.807) is 0 Å². The zero-order chi connectivity index (χ0) is 10.5. The molecule has 5 heteroatoms. The summed E-state index contributed by atoms with van der Waals surface area (Å²) in [5, 5.41) is 15.4. The summed E-state index contributed by atoms with van der Waals surface area (Å²) in [6, 6.07) is 9.76. The molecule has 0 amide bonds. The molecule has 0 saturated heterocycles. The fourth-order valence-corrected chi connectivity index (χ4v) is 1.11. The first kappa shape index (κ1) is 9.51. The molecular formula is C10H10N4O. The molecule has 0 saturated carbocycles. The lowest BCUT2D eigenvalue weighted by Gasteiger charge is -1.99. The molecule has 0 fully saturated rings. The Morgan fingerprint density at radius 2 is 1.67 bits per heavy atom. The van der Waals surface area contributed by atoms with Gasteiger partial charge >= 0.3 is 6.01 Å². The van der Waals surface area contributed by atoms with Gasteiger partial charge in [0.2, 0.25) is 5.82 Å². The molecule has 5 nitrogen and oxygen atoms in total. The highest BCUT2D eigenvalue weighted by Crippen LogP contribution is 2.11. The first-order valence-corrected chi connectivity index (χ1v) is 4.66. The van der Waals surface area contributed by atoms with Crippen LogP contribution in [-0.4, -0.2) is 27.0 Å². The molecule has 15 heavy (non-hydrogen) atoms. The van der Waals surface area contributed by atoms with Gasteiger partial charge in [0.05, 0.1) is 6.61 Å². The maximum atomic E-state index is 5.05. The molecule has 0 radical (unpaired) electrons. The van der Waals surface area contributed by atoms with Crippen molar-refractivity contribution in [2.75, 3.05) is 6.61 Å². The van der Waals surface area contributed by atoms with Crippen LogP contribution in [0, 0.1) is 0 Å². The van der Waals surface area contributed by atoms with E-state index in [-0.39, 0.29) is 6.01 Å². The quantitative estimate of drug-likeness (QED) is 0.751. The minimum atomic E-state index is 0.206. The smallest absolute Gasteiger partial charge is 0.354 e. The van der Waals surface area contributed by atoms with E-state index in [9.17, 15) is 0 Å². The molecule has 0 aliphatic heterocycles. The molecule has 76 valence electrons. The fraction of sp³-hybridized carbons (Fsp3) is 0.200. The van der Waals surface area contributed by atoms with Crippen molar-refractivity contribution in [1.82, 2.24) is 20.4 Å². The van der Waals surface area contributed by atoms with Crippen molar-refractivity contribution >= 4 is 0 Å². The van der Waals surface area contributed by atoms with E-state index in [0.29, 0.717) is 12.4 Å². The van der Waals surface area contributed by atoms with E-state index < -0.39 is 0 Å². The summed E-state index contributed by atoms with van der Waals surface area (Å²) >= 11 is 0. The van der Waals surface area contributed by atoms with Gasteiger partial charge < -0.3 is 4.74 Å². The Morgan fingerprint density at radius 1 is 1.00 bits per heavy atom. The van der Waals surface area contributed by atoms with Gasteiger partial charge in [-0.25, -0.2) is 0 Å². The molecule has 0 spiro atoms. The second kappa shape index (κ2) is 4.45. The summed E-state index contributed by atoms with van der Waals surface area (Å²) in [6.45, 7) is 2.36. The van der Waals surface area contributed by atoms with Crippen LogP contribution in [-0.2, 0) is 0 Å². The molecule has 0 aliphatic rings. The van der Waals surface area contributed by atoms with Crippen LogP contribution in [0.5, 0.6) is 6.01 Å². The highest BCUT2D eigenvalue weighted by molar-refractivity contribution is 5.52. The van der Waals surface area contributed by atoms with Gasteiger partial charge in [0.15, 0.2) is 0 Å². The molecule has 0 atom stereocenters. The van der Waals surface area contributed by atoms with E-state index in [2.05, 4.69) is 20.4 Å². The Kier molecular flexibility index (Phi) is 2.82. The summed E-state index contributed by atoms with van der Waals surface area (Å²) in [7, 11) is 0. The van der Waals surface area contributed by atoms with Crippen LogP contribution in [0.15, 0.2) is 30.3 Å². The van der Waals surface area contributed by atoms with E-state index >= 15 is 0 Å². The number of hydrogen-bond donors (Lipinski definition) is 0. The highest BCUT2D eigenvalue weighted by atomic mass is 16.5. The van der Waals surface area contributed by atoms with Crippen molar-refractivity contribution in [1.29, 1.82) is 0 Å². The van der Waals surface area contributed by atoms with Crippen LogP contribution in [0.1, 0.15) is 6.92 Å². The van der Waals surface area contributed by atoms with Crippen LogP contribution < -0.4 is 4.74 Å². The van der Waals surface area contributed by atoms with Gasteiger partial charge in [0, 0.05) is 5.56 Å². The number of benzene rings is 1. The average Bonchev–Trinajstić information content (AvgIpc) is 2.32. The topological polar surface area (TPSA) is 60.8 Å². The monoisotopic (exact) mass is 202 g/mol. The van der Waals surface area contributed by atoms with Gasteiger partial charge in [-0.1, -0.05) is 40.5 Å². The van der Waals surface area contributed by atoms with Gasteiger partial charge in [0.25, 0.3) is 0 Å². The second-order valence-electron chi connectivity index (χ2n) is 2.81. The van der Waals surface area contributed by atoms with Crippen molar-refractivity contribution in [2.24, 2.45) is 0 Å². The minimum Gasteiger partial charge on any atom is -0.462 e. The molecule has 2 aromatic rings. The summed E-state index contributed by atoms with van der Waals surface area (Å²) in [4.78, 5) is 0. The van der Waals surface area contributed by atoms with Crippen molar-refractivity contribution in [2.45, 2.75) is 6.92 Å². The molecule has 2 rings (SSSR count). The Balaban J connectivity index is 2.24. The molecule has 0 unspecified atom stereocenters. The predicted molar refractivity (Wildman–Crippen MR) is 54.2 cm³/mol. The summed E-state index contributed by atoms with van der Waals surface area (Å²) in [6.07, 6.45) is 0. The molecule has 0 bridgehead atoms. The van der Waals surface area contributed by atoms with Gasteiger partial charge in [-0.3, -0.25) is 0 Å². The lowest BCUT2D eigenvalue weighted by molar-refractivity contribution is 0.302. The number of aromatic nitrogens is 4. The maximum absolute atomic E-state index is 5.05. The molecular weight excluding hydrogens is 192 g/mol. The zero-order valence-corrected chi connectivity index (χ0v) is 8.29. The van der Waals surface area contributed by atoms with Gasteiger partial charge in [-0.15, -0.1) is 10.2 Å². The molecule has 0 N–H and O–H groups in total. The molecule has 1 aromatic carbocycles. The second-order valence-corrected chi connectivity index (χ2v) is 2.81. The highest BCUT2D eigenvalue weighted by Gasteiger charge is 2.03. The first-order valence-electron chi connectivity index (χ1n) is 4.66. The van der Waals surface area contributed by atoms with E-state index in [4.69, 9.17) is 4.74 Å². The van der Waals surface area contributed by atoms with Crippen molar-refractivity contribution in [3.8, 4) is 17.4 Å². The predicted octanol–water partition coefficient (Wildman–Crippen LogP) is 1.33. The van der Waals surface area contributed by atoms with Crippen LogP contribution in [0.3, 0.4) is 0 Å². The number of nitrogens with zero attached hydrogens (tertiary/aromatic N) is 4. The van der Waals surface area contributed by atoms with Crippen molar-refractivity contribution in [3.63, 3.8) is 0 Å². The number of ether oxygens (including phenoxy) is 1. The molecule has 1 heterocycles. The fourth-order valence-electron chi connectivity index (χ4n) is 1.11. The van der Waals surface area contributed by atoms with Crippen molar-refractivity contribution in [3.05, 3.63) is 30.3 Å². The third-order valence-electron chi connectivity index (χ3n) is 1.77. The zero-order valence-electron chi connectivity index (χ0n) is 8.29. The average molecular weight is 202 g/mol. The Hall–Kier alpha value is -2.04. The normalized spacial score (nSPS) is 9.93. The molecule has 1 aromatic heterocycles. The summed E-state index contributed by atoms with van der Waals surface area (Å²) in [5.74, 6) is 0.499. The number of hydrogen-bond acceptors (Lipinski definition) is 5. The Labute approximate surface area is 87.1 Å². The lowest BCUT2D eigenvalue weighted by atomic mass is 10.2. The van der Waals surface area contributed by atoms with Gasteiger partial charge in [0.1, 0.15) is 0 Å². The van der Waals surface area contributed by atoms with Crippen LogP contribution in [0.25, 0.3) is 11.4 Å². The van der Waals surface area contributed by atoms with Crippen LogP contribution >= 0.6 is 0 Å². The molecule has 0 aliphatic carbocycles. The summed E-state index contributed by atoms with van der Waals surface area (Å²) in [5.41, 5.74) is 0.889. The van der Waals surface area contributed by atoms with Crippen LogP contribution in [0.4, 0.5) is 0 Å². The largest absolute Gasteiger partial charge is 0.462 e. The van der Waals surface area contributed by atoms with Crippen LogP contribution in [0.2, 0.25) is 0 Å². The van der Waals surface area contributed by atoms with Crippen molar-refractivity contribution < 1.29 is 4.74 Å². The van der Waals surface area contributed by atoms with Gasteiger partial charge in [-0.05, 0) is 6.92 Å². The standard InChI is InChI=1S/C10H10N4O/c1-2-15-10-13-11-9(12-14-10)8-6-4-3-5-7-8/h3-7H,2H2,1H3. The summed E-state index contributed by atoms with van der Waals surface area (Å²) < 4.78 is 5.05. The Morgan fingerprint density at radius 3 is 2.27 bits per heavy atom. The third-order valence-corrected chi connectivity index (χ3v) is 1.77. The first-order chi connectivity index (χ1) is 7.40. The Bertz CT molecular complexity index is 415. The van der Waals surface area contributed by atoms with E-state index in [0.717, 1.165) is 5.56 Å². The SMILES string of the molecule is CCOc1nnc(-c2ccccc2)nn1. The maximum Gasteiger partial charge on any atom is 0.354 e. The third kappa shape index (κ3) is 2.25. The number of rotatable bonds is 3. The van der Waals surface area contributed by atoms with Gasteiger partial charge in [-0.2, -0.15) is 0 Å². The minimum absolute atomic E-state index is 0.206. The lowest BCUT2D eigenvalue weighted by Crippen LogP contribution is -2.02. The van der Waals surface area contributed by atoms with E-state index in [1.165, 1.54) is 0 Å². The van der Waals surface area contributed by atoms with E-state index in [1.807, 2.05) is 37.3 Å².